The molecular formula is C24H31F2N5O4. The highest BCUT2D eigenvalue weighted by Crippen LogP contribution is 2.33. The van der Waals surface area contributed by atoms with Crippen LogP contribution in [0.3, 0.4) is 0 Å². The molecule has 1 aromatic carbocycles. The standard InChI is InChI=1S/C24H31F2N5O4/c1-3-24(34,18-9-10-19(25)21(13-18)35-15-17-7-8-17)16-31(29-27-4-2)12-6-5-11-30-14-20(26)22(32)28-23(30)33/h4,9-10,13-14,17,34H,2-3,5-8,11-12,15-16H2,1H3,(H,28,32,33)/b29-27-/t24-/m1/s1. The molecule has 1 aliphatic rings. The summed E-state index contributed by atoms with van der Waals surface area (Å²) in [6, 6.07) is 4.35. The maximum atomic E-state index is 14.3. The number of halogens is 2. The van der Waals surface area contributed by atoms with Crippen molar-refractivity contribution < 1.29 is 18.6 Å². The highest BCUT2D eigenvalue weighted by atomic mass is 19.1. The quantitative estimate of drug-likeness (QED) is 0.239. The normalized spacial score (nSPS) is 15.2. The van der Waals surface area contributed by atoms with Gasteiger partial charge in [0.1, 0.15) is 5.60 Å². The molecule has 1 atom stereocenters. The van der Waals surface area contributed by atoms with Crippen LogP contribution in [0.4, 0.5) is 8.78 Å². The van der Waals surface area contributed by atoms with Crippen LogP contribution in [0.5, 0.6) is 5.75 Å². The van der Waals surface area contributed by atoms with Crippen molar-refractivity contribution in [1.29, 1.82) is 0 Å². The summed E-state index contributed by atoms with van der Waals surface area (Å²) in [5.41, 5.74) is -2.59. The van der Waals surface area contributed by atoms with Gasteiger partial charge in [-0.05, 0) is 55.7 Å². The fourth-order valence-electron chi connectivity index (χ4n) is 3.59. The van der Waals surface area contributed by atoms with Gasteiger partial charge in [-0.15, -0.1) is 5.11 Å². The van der Waals surface area contributed by atoms with Crippen molar-refractivity contribution in [3.8, 4) is 5.75 Å². The molecule has 35 heavy (non-hydrogen) atoms. The first kappa shape index (κ1) is 26.3. The number of ether oxygens (including phenoxy) is 1. The molecule has 1 fully saturated rings. The van der Waals surface area contributed by atoms with Crippen molar-refractivity contribution in [1.82, 2.24) is 14.6 Å². The third kappa shape index (κ3) is 7.32. The van der Waals surface area contributed by atoms with E-state index in [-0.39, 0.29) is 18.8 Å². The van der Waals surface area contributed by atoms with E-state index in [2.05, 4.69) is 16.9 Å². The summed E-state index contributed by atoms with van der Waals surface area (Å²) in [7, 11) is 0. The van der Waals surface area contributed by atoms with Gasteiger partial charge in [0.15, 0.2) is 11.6 Å². The molecule has 190 valence electrons. The molecule has 11 heteroatoms. The highest BCUT2D eigenvalue weighted by molar-refractivity contribution is 5.34. The zero-order valence-electron chi connectivity index (χ0n) is 19.8. The molecule has 9 nitrogen and oxygen atoms in total. The van der Waals surface area contributed by atoms with Crippen LogP contribution in [-0.2, 0) is 12.1 Å². The number of H-pyrrole nitrogens is 1. The summed E-state index contributed by atoms with van der Waals surface area (Å²) in [4.78, 5) is 24.9. The van der Waals surface area contributed by atoms with E-state index >= 15 is 0 Å². The lowest BCUT2D eigenvalue weighted by Gasteiger charge is -2.32. The minimum atomic E-state index is -1.36. The van der Waals surface area contributed by atoms with Crippen LogP contribution in [0.2, 0.25) is 0 Å². The molecule has 3 rings (SSSR count). The fraction of sp³-hybridized carbons (Fsp3) is 0.500. The van der Waals surface area contributed by atoms with E-state index < -0.39 is 28.5 Å². The Morgan fingerprint density at radius 3 is 2.77 bits per heavy atom. The van der Waals surface area contributed by atoms with E-state index in [0.29, 0.717) is 43.9 Å². The fourth-order valence-corrected chi connectivity index (χ4v) is 3.59. The number of unbranched alkanes of at least 4 members (excludes halogenated alkanes) is 1. The second-order valence-corrected chi connectivity index (χ2v) is 8.70. The summed E-state index contributed by atoms with van der Waals surface area (Å²) < 4.78 is 34.4. The Kier molecular flexibility index (Phi) is 8.91. The lowest BCUT2D eigenvalue weighted by Crippen LogP contribution is -2.38. The van der Waals surface area contributed by atoms with Crippen LogP contribution in [0.15, 0.2) is 57.1 Å². The van der Waals surface area contributed by atoms with Gasteiger partial charge >= 0.3 is 5.69 Å². The summed E-state index contributed by atoms with van der Waals surface area (Å²) in [6.07, 6.45) is 5.64. The maximum absolute atomic E-state index is 14.3. The number of benzene rings is 1. The summed E-state index contributed by atoms with van der Waals surface area (Å²) in [5.74, 6) is -0.940. The zero-order valence-corrected chi connectivity index (χ0v) is 19.8. The Balaban J connectivity index is 1.66. The number of aromatic nitrogens is 2. The highest BCUT2D eigenvalue weighted by Gasteiger charge is 2.31. The molecule has 0 spiro atoms. The molecule has 1 aliphatic carbocycles. The SMILES string of the molecule is C=C/N=N\N(CCCCn1cc(F)c(=O)[nH]c1=O)C[C@](O)(CC)c1ccc(F)c(OCC2CC2)c1. The van der Waals surface area contributed by atoms with Crippen LogP contribution in [0.1, 0.15) is 44.6 Å². The number of aliphatic hydroxyl groups is 1. The average Bonchev–Trinajstić information content (AvgIpc) is 3.67. The number of rotatable bonds is 14. The molecule has 2 aromatic rings. The summed E-state index contributed by atoms with van der Waals surface area (Å²) >= 11 is 0. The van der Waals surface area contributed by atoms with Gasteiger partial charge in [0.05, 0.1) is 19.3 Å². The first-order chi connectivity index (χ1) is 16.8. The first-order valence-electron chi connectivity index (χ1n) is 11.7. The number of hydrogen-bond donors (Lipinski definition) is 2. The van der Waals surface area contributed by atoms with E-state index in [9.17, 15) is 23.5 Å². The minimum Gasteiger partial charge on any atom is -0.490 e. The van der Waals surface area contributed by atoms with Crippen molar-refractivity contribution in [2.75, 3.05) is 19.7 Å². The summed E-state index contributed by atoms with van der Waals surface area (Å²) in [5, 5.41) is 20.9. The minimum absolute atomic E-state index is 0.0712. The predicted octanol–water partition coefficient (Wildman–Crippen LogP) is 3.49. The van der Waals surface area contributed by atoms with Gasteiger partial charge in [-0.2, -0.15) is 4.39 Å². The second-order valence-electron chi connectivity index (χ2n) is 8.70. The molecule has 1 heterocycles. The third-order valence-electron chi connectivity index (χ3n) is 5.96. The van der Waals surface area contributed by atoms with Crippen molar-refractivity contribution in [2.24, 2.45) is 16.3 Å². The monoisotopic (exact) mass is 491 g/mol. The number of nitrogens with one attached hydrogen (secondary N) is 1. The van der Waals surface area contributed by atoms with Crippen molar-refractivity contribution in [3.05, 3.63) is 75.2 Å². The molecule has 0 amide bonds. The van der Waals surface area contributed by atoms with Crippen molar-refractivity contribution >= 4 is 0 Å². The lowest BCUT2D eigenvalue weighted by molar-refractivity contribution is -0.00708. The van der Waals surface area contributed by atoms with Gasteiger partial charge in [-0.3, -0.25) is 19.4 Å². The van der Waals surface area contributed by atoms with Crippen LogP contribution in [0, 0.1) is 17.6 Å². The lowest BCUT2D eigenvalue weighted by atomic mass is 9.90. The maximum Gasteiger partial charge on any atom is 0.328 e. The van der Waals surface area contributed by atoms with Gasteiger partial charge in [-0.25, -0.2) is 9.18 Å². The molecule has 0 saturated heterocycles. The Morgan fingerprint density at radius 2 is 2.09 bits per heavy atom. The molecule has 1 aromatic heterocycles. The summed E-state index contributed by atoms with van der Waals surface area (Å²) in [6.45, 7) is 6.41. The molecular weight excluding hydrogens is 460 g/mol. The van der Waals surface area contributed by atoms with E-state index in [0.717, 1.165) is 23.6 Å². The van der Waals surface area contributed by atoms with Gasteiger partial charge in [0.2, 0.25) is 5.82 Å². The average molecular weight is 492 g/mol. The zero-order chi connectivity index (χ0) is 25.4. The molecule has 2 N–H and O–H groups in total. The van der Waals surface area contributed by atoms with Crippen LogP contribution >= 0.6 is 0 Å². The molecule has 1 saturated carbocycles. The predicted molar refractivity (Wildman–Crippen MR) is 126 cm³/mol. The van der Waals surface area contributed by atoms with Crippen LogP contribution in [0.25, 0.3) is 0 Å². The molecule has 0 bridgehead atoms. The van der Waals surface area contributed by atoms with Crippen LogP contribution in [-0.4, -0.2) is 39.4 Å². The Morgan fingerprint density at radius 1 is 1.31 bits per heavy atom. The van der Waals surface area contributed by atoms with E-state index in [4.69, 9.17) is 4.74 Å². The molecule has 0 unspecified atom stereocenters. The second kappa shape index (κ2) is 11.9. The smallest absolute Gasteiger partial charge is 0.328 e. The van der Waals surface area contributed by atoms with Gasteiger partial charge < -0.3 is 9.84 Å². The van der Waals surface area contributed by atoms with Crippen LogP contribution < -0.4 is 16.0 Å². The van der Waals surface area contributed by atoms with E-state index in [1.54, 1.807) is 5.01 Å². The Bertz CT molecular complexity index is 1160. The Hall–Kier alpha value is -3.34. The first-order valence-corrected chi connectivity index (χ1v) is 11.7. The Labute approximate surface area is 201 Å². The largest absolute Gasteiger partial charge is 0.490 e. The van der Waals surface area contributed by atoms with Gasteiger partial charge in [-0.1, -0.05) is 24.8 Å². The number of aromatic amines is 1. The van der Waals surface area contributed by atoms with Gasteiger partial charge in [0, 0.05) is 19.3 Å². The van der Waals surface area contributed by atoms with E-state index in [1.165, 1.54) is 24.4 Å². The topological polar surface area (TPSA) is 112 Å². The number of nitrogens with zero attached hydrogens (tertiary/aromatic N) is 4. The molecule has 0 aliphatic heterocycles. The number of hydrogen-bond acceptors (Lipinski definition) is 6. The third-order valence-corrected chi connectivity index (χ3v) is 5.96. The van der Waals surface area contributed by atoms with Crippen molar-refractivity contribution in [3.63, 3.8) is 0 Å². The van der Waals surface area contributed by atoms with E-state index in [1.807, 2.05) is 11.9 Å². The molecule has 0 radical (unpaired) electrons. The number of aryl methyl sites for hydroxylation is 1. The van der Waals surface area contributed by atoms with Crippen molar-refractivity contribution in [2.45, 2.75) is 51.2 Å². The van der Waals surface area contributed by atoms with Gasteiger partial charge in [0.25, 0.3) is 5.56 Å².